The van der Waals surface area contributed by atoms with Crippen LogP contribution in [0.5, 0.6) is 0 Å². The van der Waals surface area contributed by atoms with Crippen LogP contribution in [0.3, 0.4) is 0 Å². The predicted molar refractivity (Wildman–Crippen MR) is 83.3 cm³/mol. The third-order valence-corrected chi connectivity index (χ3v) is 3.52. The number of nitrogens with zero attached hydrogens (tertiary/aromatic N) is 1. The van der Waals surface area contributed by atoms with Gasteiger partial charge in [-0.05, 0) is 33.3 Å². The van der Waals surface area contributed by atoms with Gasteiger partial charge >= 0.3 is 12.1 Å². The lowest BCUT2D eigenvalue weighted by molar-refractivity contribution is 0.0508. The summed E-state index contributed by atoms with van der Waals surface area (Å²) in [6.45, 7) is 5.92. The molecule has 0 aliphatic carbocycles. The first-order valence-corrected chi connectivity index (χ1v) is 7.53. The van der Waals surface area contributed by atoms with Gasteiger partial charge in [0.05, 0.1) is 17.3 Å². The molecule has 1 unspecified atom stereocenters. The van der Waals surface area contributed by atoms with Crippen molar-refractivity contribution in [1.29, 1.82) is 0 Å². The zero-order chi connectivity index (χ0) is 18.1. The first-order chi connectivity index (χ1) is 11.1. The number of carboxylic acid groups (broad SMARTS) is 1. The van der Waals surface area contributed by atoms with Gasteiger partial charge in [0.25, 0.3) is 0 Å². The third-order valence-electron chi connectivity index (χ3n) is 3.52. The normalized spacial score (nSPS) is 17.7. The van der Waals surface area contributed by atoms with E-state index < -0.39 is 34.9 Å². The van der Waals surface area contributed by atoms with Crippen LogP contribution in [0.25, 0.3) is 0 Å². The van der Waals surface area contributed by atoms with Gasteiger partial charge in [0.1, 0.15) is 17.2 Å². The molecule has 1 amide bonds. The lowest BCUT2D eigenvalue weighted by atomic mass is 10.1. The van der Waals surface area contributed by atoms with Crippen molar-refractivity contribution in [3.8, 4) is 0 Å². The minimum Gasteiger partial charge on any atom is -0.478 e. The summed E-state index contributed by atoms with van der Waals surface area (Å²) in [5.41, 5.74) is -1.35. The number of ether oxygens (including phenoxy) is 1. The maximum atomic E-state index is 14.1. The Morgan fingerprint density at radius 2 is 1.96 bits per heavy atom. The van der Waals surface area contributed by atoms with Crippen molar-refractivity contribution in [2.75, 3.05) is 18.0 Å². The predicted octanol–water partition coefficient (Wildman–Crippen LogP) is 2.77. The highest BCUT2D eigenvalue weighted by Crippen LogP contribution is 2.26. The van der Waals surface area contributed by atoms with Crippen molar-refractivity contribution in [2.45, 2.75) is 38.8 Å². The van der Waals surface area contributed by atoms with Gasteiger partial charge in [0, 0.05) is 19.2 Å². The van der Waals surface area contributed by atoms with Gasteiger partial charge in [0.15, 0.2) is 0 Å². The standard InChI is InChI=1S/C16H20F2N2O4/c1-16(2,3)24-15(23)19-9-4-5-20(8-9)13-7-11(17)10(14(21)22)6-12(13)18/h6-7,9H,4-5,8H2,1-3H3,(H,19,23)(H,21,22). The van der Waals surface area contributed by atoms with Crippen LogP contribution >= 0.6 is 0 Å². The van der Waals surface area contributed by atoms with Gasteiger partial charge in [0.2, 0.25) is 0 Å². The number of anilines is 1. The Kier molecular flexibility index (Phi) is 4.96. The molecule has 0 radical (unpaired) electrons. The van der Waals surface area contributed by atoms with E-state index in [0.29, 0.717) is 19.0 Å². The summed E-state index contributed by atoms with van der Waals surface area (Å²) in [5, 5.41) is 11.5. The molecule has 1 atom stereocenters. The van der Waals surface area contributed by atoms with Crippen LogP contribution in [0.1, 0.15) is 37.6 Å². The molecule has 1 aromatic carbocycles. The monoisotopic (exact) mass is 342 g/mol. The number of rotatable bonds is 3. The van der Waals surface area contributed by atoms with Crippen molar-refractivity contribution in [2.24, 2.45) is 0 Å². The fraction of sp³-hybridized carbons (Fsp3) is 0.500. The first-order valence-electron chi connectivity index (χ1n) is 7.53. The van der Waals surface area contributed by atoms with Crippen LogP contribution in [-0.4, -0.2) is 41.9 Å². The van der Waals surface area contributed by atoms with E-state index in [0.717, 1.165) is 6.07 Å². The number of carbonyl (C=O) groups is 2. The molecule has 0 aromatic heterocycles. The molecular weight excluding hydrogens is 322 g/mol. The van der Waals surface area contributed by atoms with E-state index >= 15 is 0 Å². The highest BCUT2D eigenvalue weighted by atomic mass is 19.1. The van der Waals surface area contributed by atoms with E-state index in [4.69, 9.17) is 9.84 Å². The smallest absolute Gasteiger partial charge is 0.407 e. The minimum absolute atomic E-state index is 0.0222. The summed E-state index contributed by atoms with van der Waals surface area (Å²) in [7, 11) is 0. The molecule has 1 saturated heterocycles. The number of carbonyl (C=O) groups excluding carboxylic acids is 1. The quantitative estimate of drug-likeness (QED) is 0.883. The van der Waals surface area contributed by atoms with Crippen LogP contribution in [0.2, 0.25) is 0 Å². The maximum Gasteiger partial charge on any atom is 0.407 e. The molecule has 8 heteroatoms. The largest absolute Gasteiger partial charge is 0.478 e. The van der Waals surface area contributed by atoms with Gasteiger partial charge in [-0.1, -0.05) is 0 Å². The zero-order valence-corrected chi connectivity index (χ0v) is 13.7. The third kappa shape index (κ3) is 4.33. The van der Waals surface area contributed by atoms with Crippen LogP contribution in [0.4, 0.5) is 19.3 Å². The Morgan fingerprint density at radius 3 is 2.54 bits per heavy atom. The number of aromatic carboxylic acids is 1. The molecule has 1 aromatic rings. The highest BCUT2D eigenvalue weighted by Gasteiger charge is 2.28. The van der Waals surface area contributed by atoms with E-state index in [2.05, 4.69) is 5.32 Å². The van der Waals surface area contributed by atoms with Gasteiger partial charge < -0.3 is 20.1 Å². The summed E-state index contributed by atoms with van der Waals surface area (Å²) in [4.78, 5) is 24.1. The molecule has 1 aliphatic rings. The van der Waals surface area contributed by atoms with Crippen LogP contribution in [-0.2, 0) is 4.74 Å². The van der Waals surface area contributed by atoms with Crippen molar-refractivity contribution < 1.29 is 28.2 Å². The summed E-state index contributed by atoms with van der Waals surface area (Å²) in [6, 6.07) is 1.28. The highest BCUT2D eigenvalue weighted by molar-refractivity contribution is 5.88. The molecule has 0 saturated carbocycles. The molecule has 1 fully saturated rings. The number of amides is 1. The number of halogens is 2. The first kappa shape index (κ1) is 18.0. The van der Waals surface area contributed by atoms with Gasteiger partial charge in [-0.25, -0.2) is 18.4 Å². The Labute approximate surface area is 138 Å². The molecule has 6 nitrogen and oxygen atoms in total. The van der Waals surface area contributed by atoms with E-state index in [9.17, 15) is 18.4 Å². The Balaban J connectivity index is 2.05. The summed E-state index contributed by atoms with van der Waals surface area (Å²) in [5.74, 6) is -3.34. The van der Waals surface area contributed by atoms with E-state index in [1.54, 1.807) is 25.7 Å². The summed E-state index contributed by atoms with van der Waals surface area (Å²) in [6.07, 6.45) is -0.0247. The number of carboxylic acids is 1. The lowest BCUT2D eigenvalue weighted by Crippen LogP contribution is -2.40. The molecule has 0 spiro atoms. The molecule has 2 rings (SSSR count). The minimum atomic E-state index is -1.52. The lowest BCUT2D eigenvalue weighted by Gasteiger charge is -2.22. The molecule has 1 aliphatic heterocycles. The second-order valence-electron chi connectivity index (χ2n) is 6.67. The van der Waals surface area contributed by atoms with Gasteiger partial charge in [-0.15, -0.1) is 0 Å². The SMILES string of the molecule is CC(C)(C)OC(=O)NC1CCN(c2cc(F)c(C(=O)O)cc2F)C1. The molecular formula is C16H20F2N2O4. The van der Waals surface area contributed by atoms with Crippen molar-refractivity contribution in [3.63, 3.8) is 0 Å². The number of hydrogen-bond acceptors (Lipinski definition) is 4. The molecule has 1 heterocycles. The second kappa shape index (κ2) is 6.62. The van der Waals surface area contributed by atoms with Crippen LogP contribution < -0.4 is 10.2 Å². The van der Waals surface area contributed by atoms with Crippen molar-refractivity contribution >= 4 is 17.7 Å². The Bertz CT molecular complexity index is 658. The molecule has 2 N–H and O–H groups in total. The molecule has 132 valence electrons. The Morgan fingerprint density at radius 1 is 1.29 bits per heavy atom. The van der Waals surface area contributed by atoms with Crippen LogP contribution in [0.15, 0.2) is 12.1 Å². The van der Waals surface area contributed by atoms with Crippen molar-refractivity contribution in [1.82, 2.24) is 5.32 Å². The number of hydrogen-bond donors (Lipinski definition) is 2. The van der Waals surface area contributed by atoms with Gasteiger partial charge in [-0.3, -0.25) is 0 Å². The molecule has 0 bridgehead atoms. The fourth-order valence-corrected chi connectivity index (χ4v) is 2.51. The van der Waals surface area contributed by atoms with E-state index in [-0.39, 0.29) is 18.3 Å². The summed E-state index contributed by atoms with van der Waals surface area (Å²) >= 11 is 0. The maximum absolute atomic E-state index is 14.1. The van der Waals surface area contributed by atoms with Crippen LogP contribution in [0, 0.1) is 11.6 Å². The fourth-order valence-electron chi connectivity index (χ4n) is 2.51. The van der Waals surface area contributed by atoms with E-state index in [1.165, 1.54) is 0 Å². The van der Waals surface area contributed by atoms with E-state index in [1.807, 2.05) is 0 Å². The number of nitrogens with one attached hydrogen (secondary N) is 1. The van der Waals surface area contributed by atoms with Gasteiger partial charge in [-0.2, -0.15) is 0 Å². The average Bonchev–Trinajstić information content (AvgIpc) is 2.86. The topological polar surface area (TPSA) is 78.9 Å². The number of benzene rings is 1. The summed E-state index contributed by atoms with van der Waals surface area (Å²) < 4.78 is 33.0. The zero-order valence-electron chi connectivity index (χ0n) is 13.7. The Hall–Kier alpha value is -2.38. The molecule has 24 heavy (non-hydrogen) atoms. The van der Waals surface area contributed by atoms with Crippen molar-refractivity contribution in [3.05, 3.63) is 29.3 Å². The second-order valence-corrected chi connectivity index (χ2v) is 6.67. The number of alkyl carbamates (subject to hydrolysis) is 1. The average molecular weight is 342 g/mol.